The van der Waals surface area contributed by atoms with Crippen molar-refractivity contribution < 1.29 is 14.7 Å². The molecule has 0 aliphatic rings. The Hall–Kier alpha value is -2.28. The highest BCUT2D eigenvalue weighted by Gasteiger charge is 2.19. The number of carboxylic acids is 1. The van der Waals surface area contributed by atoms with Crippen molar-refractivity contribution in [1.29, 1.82) is 0 Å². The maximum Gasteiger partial charge on any atom is 0.348 e. The van der Waals surface area contributed by atoms with E-state index in [2.05, 4.69) is 15.3 Å². The number of rotatable bonds is 4. The highest BCUT2D eigenvalue weighted by molar-refractivity contribution is 7.18. The number of amides is 1. The number of nitrogens with one attached hydrogen (secondary N) is 1. The van der Waals surface area contributed by atoms with Gasteiger partial charge in [-0.1, -0.05) is 18.3 Å². The van der Waals surface area contributed by atoms with E-state index in [0.717, 1.165) is 11.3 Å². The van der Waals surface area contributed by atoms with Crippen molar-refractivity contribution in [1.82, 2.24) is 9.97 Å². The number of nitrogens with zero attached hydrogens (tertiary/aromatic N) is 2. The molecular weight excluding hydrogens is 266 g/mol. The van der Waals surface area contributed by atoms with Gasteiger partial charge in [-0.05, 0) is 12.1 Å². The first-order valence-corrected chi connectivity index (χ1v) is 6.37. The van der Waals surface area contributed by atoms with E-state index < -0.39 is 5.97 Å². The topological polar surface area (TPSA) is 92.2 Å². The largest absolute Gasteiger partial charge is 0.477 e. The fourth-order valence-corrected chi connectivity index (χ4v) is 2.27. The van der Waals surface area contributed by atoms with Crippen LogP contribution in [0.15, 0.2) is 24.5 Å². The number of thiazole rings is 1. The molecule has 98 valence electrons. The van der Waals surface area contributed by atoms with Crippen LogP contribution in [0.25, 0.3) is 11.3 Å². The van der Waals surface area contributed by atoms with Crippen molar-refractivity contribution in [2.45, 2.75) is 13.3 Å². The van der Waals surface area contributed by atoms with Gasteiger partial charge in [0.1, 0.15) is 4.88 Å². The summed E-state index contributed by atoms with van der Waals surface area (Å²) in [6, 6.07) is 3.42. The van der Waals surface area contributed by atoms with E-state index in [1.54, 1.807) is 25.3 Å². The third kappa shape index (κ3) is 2.94. The van der Waals surface area contributed by atoms with Crippen LogP contribution in [0.3, 0.4) is 0 Å². The van der Waals surface area contributed by atoms with Gasteiger partial charge in [-0.2, -0.15) is 0 Å². The van der Waals surface area contributed by atoms with Crippen molar-refractivity contribution >= 4 is 28.3 Å². The zero-order valence-corrected chi connectivity index (χ0v) is 10.9. The van der Waals surface area contributed by atoms with Crippen LogP contribution in [0, 0.1) is 0 Å². The molecule has 0 saturated carbocycles. The smallest absolute Gasteiger partial charge is 0.348 e. The van der Waals surface area contributed by atoms with Crippen molar-refractivity contribution in [3.05, 3.63) is 29.4 Å². The summed E-state index contributed by atoms with van der Waals surface area (Å²) in [4.78, 5) is 30.7. The van der Waals surface area contributed by atoms with Gasteiger partial charge in [0.2, 0.25) is 5.91 Å². The van der Waals surface area contributed by atoms with Crippen LogP contribution in [0.5, 0.6) is 0 Å². The molecule has 7 heteroatoms. The van der Waals surface area contributed by atoms with E-state index in [1.165, 1.54) is 6.20 Å². The van der Waals surface area contributed by atoms with Crippen LogP contribution in [0.2, 0.25) is 0 Å². The zero-order chi connectivity index (χ0) is 13.8. The molecule has 0 bridgehead atoms. The fourth-order valence-electron chi connectivity index (χ4n) is 1.42. The predicted octanol–water partition coefficient (Wildman–Crippen LogP) is 2.25. The minimum absolute atomic E-state index is 0.0828. The molecule has 2 aromatic rings. The first kappa shape index (κ1) is 13.2. The number of pyridine rings is 1. The lowest BCUT2D eigenvalue weighted by molar-refractivity contribution is -0.115. The fraction of sp³-hybridized carbons (Fsp3) is 0.167. The maximum atomic E-state index is 11.3. The quantitative estimate of drug-likeness (QED) is 0.894. The molecule has 2 heterocycles. The van der Waals surface area contributed by atoms with Gasteiger partial charge >= 0.3 is 5.97 Å². The van der Waals surface area contributed by atoms with Crippen molar-refractivity contribution in [2.24, 2.45) is 0 Å². The van der Waals surface area contributed by atoms with Gasteiger partial charge in [0.15, 0.2) is 5.13 Å². The Morgan fingerprint density at radius 1 is 1.47 bits per heavy atom. The van der Waals surface area contributed by atoms with Gasteiger partial charge in [-0.15, -0.1) is 0 Å². The lowest BCUT2D eigenvalue weighted by Gasteiger charge is -1.97. The van der Waals surface area contributed by atoms with E-state index in [4.69, 9.17) is 5.11 Å². The van der Waals surface area contributed by atoms with E-state index >= 15 is 0 Å². The molecular formula is C12H11N3O3S. The Morgan fingerprint density at radius 2 is 2.26 bits per heavy atom. The molecule has 2 rings (SSSR count). The van der Waals surface area contributed by atoms with Crippen LogP contribution in [0.1, 0.15) is 23.0 Å². The number of carboxylic acid groups (broad SMARTS) is 1. The van der Waals surface area contributed by atoms with Crippen LogP contribution >= 0.6 is 11.3 Å². The molecule has 2 aromatic heterocycles. The number of hydrogen-bond donors (Lipinski definition) is 2. The molecule has 0 atom stereocenters. The Labute approximate surface area is 113 Å². The SMILES string of the molecule is CCC(=O)Nc1nc(-c2cccnc2)c(C(=O)O)s1. The Morgan fingerprint density at radius 3 is 2.84 bits per heavy atom. The molecule has 0 aromatic carbocycles. The summed E-state index contributed by atoms with van der Waals surface area (Å²) in [6.07, 6.45) is 3.44. The van der Waals surface area contributed by atoms with Crippen LogP contribution < -0.4 is 5.32 Å². The molecule has 0 unspecified atom stereocenters. The van der Waals surface area contributed by atoms with Crippen LogP contribution in [0.4, 0.5) is 5.13 Å². The van der Waals surface area contributed by atoms with E-state index in [-0.39, 0.29) is 15.9 Å². The van der Waals surface area contributed by atoms with Crippen molar-refractivity contribution in [3.63, 3.8) is 0 Å². The second kappa shape index (κ2) is 5.57. The Kier molecular flexibility index (Phi) is 3.86. The highest BCUT2D eigenvalue weighted by Crippen LogP contribution is 2.30. The lowest BCUT2D eigenvalue weighted by Crippen LogP contribution is -2.08. The van der Waals surface area contributed by atoms with Gasteiger partial charge in [-0.3, -0.25) is 9.78 Å². The summed E-state index contributed by atoms with van der Waals surface area (Å²) in [5, 5.41) is 12.0. The van der Waals surface area contributed by atoms with Gasteiger partial charge in [0.25, 0.3) is 0 Å². The molecule has 6 nitrogen and oxygen atoms in total. The summed E-state index contributed by atoms with van der Waals surface area (Å²) < 4.78 is 0. The molecule has 0 spiro atoms. The summed E-state index contributed by atoms with van der Waals surface area (Å²) >= 11 is 0.936. The summed E-state index contributed by atoms with van der Waals surface area (Å²) in [6.45, 7) is 1.71. The standard InChI is InChI=1S/C12H11N3O3S/c1-2-8(16)14-12-15-9(10(19-12)11(17)18)7-4-3-5-13-6-7/h3-6H,2H2,1H3,(H,17,18)(H,14,15,16). The number of hydrogen-bond acceptors (Lipinski definition) is 5. The van der Waals surface area contributed by atoms with E-state index in [9.17, 15) is 9.59 Å². The second-order valence-corrected chi connectivity index (χ2v) is 4.64. The molecule has 2 N–H and O–H groups in total. The molecule has 1 amide bonds. The van der Waals surface area contributed by atoms with Crippen molar-refractivity contribution in [3.8, 4) is 11.3 Å². The summed E-state index contributed by atoms with van der Waals surface area (Å²) in [5.74, 6) is -1.28. The van der Waals surface area contributed by atoms with Crippen LogP contribution in [-0.2, 0) is 4.79 Å². The van der Waals surface area contributed by atoms with Crippen molar-refractivity contribution in [2.75, 3.05) is 5.32 Å². The normalized spacial score (nSPS) is 10.2. The molecule has 0 saturated heterocycles. The predicted molar refractivity (Wildman–Crippen MR) is 71.2 cm³/mol. The Bertz CT molecular complexity index is 610. The van der Waals surface area contributed by atoms with Gasteiger partial charge in [0.05, 0.1) is 5.69 Å². The number of anilines is 1. The third-order valence-electron chi connectivity index (χ3n) is 2.32. The van der Waals surface area contributed by atoms with Gasteiger partial charge < -0.3 is 10.4 Å². The minimum atomic E-state index is -1.08. The molecule has 19 heavy (non-hydrogen) atoms. The number of aromatic nitrogens is 2. The summed E-state index contributed by atoms with van der Waals surface area (Å²) in [5.41, 5.74) is 0.921. The average molecular weight is 277 g/mol. The van der Waals surface area contributed by atoms with Gasteiger partial charge in [0, 0.05) is 24.4 Å². The molecule has 0 radical (unpaired) electrons. The number of carbonyl (C=O) groups excluding carboxylic acids is 1. The van der Waals surface area contributed by atoms with Crippen LogP contribution in [-0.4, -0.2) is 27.0 Å². The molecule has 0 aliphatic heterocycles. The third-order valence-corrected chi connectivity index (χ3v) is 3.28. The molecule has 0 fully saturated rings. The minimum Gasteiger partial charge on any atom is -0.477 e. The highest BCUT2D eigenvalue weighted by atomic mass is 32.1. The van der Waals surface area contributed by atoms with E-state index in [0.29, 0.717) is 17.7 Å². The number of carbonyl (C=O) groups is 2. The average Bonchev–Trinajstić information content (AvgIpc) is 2.83. The first-order valence-electron chi connectivity index (χ1n) is 5.56. The molecule has 0 aliphatic carbocycles. The monoisotopic (exact) mass is 277 g/mol. The maximum absolute atomic E-state index is 11.3. The first-order chi connectivity index (χ1) is 9.11. The zero-order valence-electron chi connectivity index (χ0n) is 10.1. The second-order valence-electron chi connectivity index (χ2n) is 3.65. The van der Waals surface area contributed by atoms with E-state index in [1.807, 2.05) is 0 Å². The Balaban J connectivity index is 2.42. The summed E-state index contributed by atoms with van der Waals surface area (Å²) in [7, 11) is 0. The number of aromatic carboxylic acids is 1. The van der Waals surface area contributed by atoms with Gasteiger partial charge in [-0.25, -0.2) is 9.78 Å². The lowest BCUT2D eigenvalue weighted by atomic mass is 10.2.